The van der Waals surface area contributed by atoms with Gasteiger partial charge in [0.15, 0.2) is 34.8 Å². The summed E-state index contributed by atoms with van der Waals surface area (Å²) in [5, 5.41) is 2.00. The first-order chi connectivity index (χ1) is 20.5. The minimum absolute atomic E-state index is 0. The summed E-state index contributed by atoms with van der Waals surface area (Å²) in [6.45, 7) is 0. The van der Waals surface area contributed by atoms with Gasteiger partial charge in [-0.25, -0.2) is 17.6 Å². The van der Waals surface area contributed by atoms with Crippen molar-refractivity contribution in [2.24, 2.45) is 0 Å². The molecule has 0 atom stereocenters. The van der Waals surface area contributed by atoms with Crippen molar-refractivity contribution in [1.82, 2.24) is 0 Å². The summed E-state index contributed by atoms with van der Waals surface area (Å²) in [6.07, 6.45) is 0. The molecule has 2 aliphatic rings. The first kappa shape index (κ1) is 37.1. The lowest BCUT2D eigenvalue weighted by Gasteiger charge is -2.08. The Kier molecular flexibility index (Phi) is 13.4. The van der Waals surface area contributed by atoms with Crippen LogP contribution in [0.2, 0.25) is 0 Å². The maximum atomic E-state index is 13.1. The highest BCUT2D eigenvalue weighted by atomic mass is 35.5. The Balaban J connectivity index is 0.000000252. The lowest BCUT2D eigenvalue weighted by molar-refractivity contribution is 0.101. The number of amides is 1. The number of nitrogen functional groups attached to an aromatic ring is 1. The third-order valence-corrected chi connectivity index (χ3v) is 8.38. The van der Waals surface area contributed by atoms with Crippen LogP contribution in [0.25, 0.3) is 0 Å². The van der Waals surface area contributed by atoms with E-state index < -0.39 is 34.4 Å². The van der Waals surface area contributed by atoms with E-state index in [2.05, 4.69) is 5.32 Å². The second-order valence-electron chi connectivity index (χ2n) is 8.82. The summed E-state index contributed by atoms with van der Waals surface area (Å²) in [6, 6.07) is 16.3. The average molecular weight is 679 g/mol. The van der Waals surface area contributed by atoms with Crippen LogP contribution >= 0.6 is 35.1 Å². The molecule has 4 aromatic rings. The fourth-order valence-corrected chi connectivity index (χ4v) is 6.26. The minimum Gasteiger partial charge on any atom is -0.399 e. The van der Waals surface area contributed by atoms with Crippen LogP contribution in [0.5, 0.6) is 0 Å². The fourth-order valence-electron chi connectivity index (χ4n) is 3.87. The number of ketones is 2. The number of nitrogens with one attached hydrogen (secondary N) is 1. The molecule has 0 saturated carbocycles. The highest BCUT2D eigenvalue weighted by Crippen LogP contribution is 2.35. The molecule has 0 bridgehead atoms. The van der Waals surface area contributed by atoms with Crippen molar-refractivity contribution in [3.05, 3.63) is 118 Å². The molecule has 6 rings (SSSR count). The van der Waals surface area contributed by atoms with Crippen LogP contribution in [-0.2, 0) is 0 Å². The number of Topliss-reactive ketones (excluding diaryl/α,β-unsaturated/α-hetero) is 2. The lowest BCUT2D eigenvalue weighted by atomic mass is 10.1. The Morgan fingerprint density at radius 3 is 1.67 bits per heavy atom. The summed E-state index contributed by atoms with van der Waals surface area (Å²) in [4.78, 5) is 47.4. The first-order valence-electron chi connectivity index (χ1n) is 12.2. The van der Waals surface area contributed by atoms with E-state index in [9.17, 15) is 36.7 Å². The van der Waals surface area contributed by atoms with E-state index in [0.29, 0.717) is 38.7 Å². The average Bonchev–Trinajstić information content (AvgIpc) is 3.55. The lowest BCUT2D eigenvalue weighted by Crippen LogP contribution is -2.13. The molecular formula is C32H27ClF4N2O4S2. The molecule has 0 fully saturated rings. The summed E-state index contributed by atoms with van der Waals surface area (Å²) >= 11 is 8.05. The minimum atomic E-state index is -1.03. The smallest absolute Gasteiger partial charge is 0.256 e. The molecular weight excluding hydrogens is 652 g/mol. The van der Waals surface area contributed by atoms with Crippen LogP contribution in [0.15, 0.2) is 82.6 Å². The molecule has 1 amide bonds. The second kappa shape index (κ2) is 16.3. The van der Waals surface area contributed by atoms with Gasteiger partial charge in [-0.2, -0.15) is 0 Å². The van der Waals surface area contributed by atoms with Gasteiger partial charge in [0.2, 0.25) is 0 Å². The van der Waals surface area contributed by atoms with Gasteiger partial charge in [-0.15, -0.1) is 23.5 Å². The largest absolute Gasteiger partial charge is 0.399 e. The molecule has 13 heteroatoms. The number of nitrogens with two attached hydrogens (primary N) is 1. The van der Waals surface area contributed by atoms with Crippen LogP contribution < -0.4 is 11.1 Å². The predicted molar refractivity (Wildman–Crippen MR) is 172 cm³/mol. The first-order valence-corrected chi connectivity index (χ1v) is 14.6. The molecule has 6 nitrogen and oxygen atoms in total. The number of thioether (sulfide) groups is 2. The van der Waals surface area contributed by atoms with Crippen molar-refractivity contribution in [2.75, 3.05) is 22.6 Å². The summed E-state index contributed by atoms with van der Waals surface area (Å²) in [7, 11) is 0. The zero-order valence-corrected chi connectivity index (χ0v) is 24.1. The standard InChI is InChI=1S/C15H9F2NO2S.C9H5ClO2S.C6H5F2N.2CH4/c16-11-5-4-8(6-12(11)17)18-15(20)10-3-1-2-9-13(19)7-21-14(9)10;10-9(12)6-3-1-2-5-7(11)4-13-8(5)6;7-5-2-1-4(9)3-6(5)8;;/h1-6H,7H2,(H,18,20);1-3H,4H2;1-3H,9H2;2*1H4. The van der Waals surface area contributed by atoms with Gasteiger partial charge >= 0.3 is 0 Å². The molecule has 2 heterocycles. The summed E-state index contributed by atoms with van der Waals surface area (Å²) in [5.41, 5.74) is 7.45. The number of hydrogen-bond acceptors (Lipinski definition) is 7. The van der Waals surface area contributed by atoms with Crippen LogP contribution in [0.3, 0.4) is 0 Å². The van der Waals surface area contributed by atoms with Gasteiger partial charge < -0.3 is 11.1 Å². The summed E-state index contributed by atoms with van der Waals surface area (Å²) < 4.78 is 50.2. The van der Waals surface area contributed by atoms with E-state index in [1.54, 1.807) is 36.4 Å². The van der Waals surface area contributed by atoms with Crippen molar-refractivity contribution < 1.29 is 36.7 Å². The molecule has 45 heavy (non-hydrogen) atoms. The predicted octanol–water partition coefficient (Wildman–Crippen LogP) is 8.68. The van der Waals surface area contributed by atoms with E-state index in [-0.39, 0.29) is 37.8 Å². The van der Waals surface area contributed by atoms with Gasteiger partial charge in [0.1, 0.15) is 0 Å². The third-order valence-electron chi connectivity index (χ3n) is 5.90. The van der Waals surface area contributed by atoms with Gasteiger partial charge in [-0.3, -0.25) is 19.2 Å². The number of anilines is 2. The Hall–Kier alpha value is -4.13. The number of hydrogen-bond donors (Lipinski definition) is 2. The van der Waals surface area contributed by atoms with E-state index in [0.717, 1.165) is 29.2 Å². The number of carbonyl (C=O) groups excluding carboxylic acids is 4. The molecule has 4 aromatic carbocycles. The fraction of sp³-hybridized carbons (Fsp3) is 0.125. The Bertz CT molecular complexity index is 1770. The topological polar surface area (TPSA) is 106 Å². The van der Waals surface area contributed by atoms with E-state index in [1.807, 2.05) is 0 Å². The van der Waals surface area contributed by atoms with Crippen molar-refractivity contribution in [3.8, 4) is 0 Å². The molecule has 0 saturated heterocycles. The Labute approximate surface area is 270 Å². The zero-order valence-electron chi connectivity index (χ0n) is 21.8. The maximum absolute atomic E-state index is 13.1. The monoisotopic (exact) mass is 678 g/mol. The van der Waals surface area contributed by atoms with Gasteiger partial charge in [0.25, 0.3) is 11.1 Å². The van der Waals surface area contributed by atoms with Crippen molar-refractivity contribution in [3.63, 3.8) is 0 Å². The highest BCUT2D eigenvalue weighted by Gasteiger charge is 2.26. The molecule has 0 aliphatic carbocycles. The highest BCUT2D eigenvalue weighted by molar-refractivity contribution is 8.01. The number of rotatable bonds is 3. The quantitative estimate of drug-likeness (QED) is 0.127. The number of carbonyl (C=O) groups is 4. The molecule has 3 N–H and O–H groups in total. The van der Waals surface area contributed by atoms with Crippen LogP contribution in [-0.4, -0.2) is 34.2 Å². The van der Waals surface area contributed by atoms with Gasteiger partial charge in [0.05, 0.1) is 17.1 Å². The van der Waals surface area contributed by atoms with Gasteiger partial charge in [0, 0.05) is 43.9 Å². The molecule has 236 valence electrons. The van der Waals surface area contributed by atoms with E-state index in [1.165, 1.54) is 35.7 Å². The van der Waals surface area contributed by atoms with Crippen molar-refractivity contribution in [2.45, 2.75) is 24.6 Å². The Morgan fingerprint density at radius 2 is 1.18 bits per heavy atom. The van der Waals surface area contributed by atoms with Crippen molar-refractivity contribution in [1.29, 1.82) is 0 Å². The molecule has 0 radical (unpaired) electrons. The normalized spacial score (nSPS) is 12.2. The molecule has 0 spiro atoms. The number of benzene rings is 4. The molecule has 0 unspecified atom stereocenters. The van der Waals surface area contributed by atoms with Gasteiger partial charge in [-0.05, 0) is 54.1 Å². The second-order valence-corrected chi connectivity index (χ2v) is 11.1. The third kappa shape index (κ3) is 8.96. The summed E-state index contributed by atoms with van der Waals surface area (Å²) in [5.74, 6) is -3.47. The van der Waals surface area contributed by atoms with E-state index >= 15 is 0 Å². The van der Waals surface area contributed by atoms with Crippen LogP contribution in [0, 0.1) is 23.3 Å². The van der Waals surface area contributed by atoms with Crippen LogP contribution in [0.4, 0.5) is 28.9 Å². The number of fused-ring (bicyclic) bond motifs is 2. The zero-order chi connectivity index (χ0) is 31.3. The van der Waals surface area contributed by atoms with Gasteiger partial charge in [-0.1, -0.05) is 39.1 Å². The maximum Gasteiger partial charge on any atom is 0.256 e. The molecule has 2 aliphatic heterocycles. The van der Waals surface area contributed by atoms with Crippen LogP contribution in [0.1, 0.15) is 56.3 Å². The van der Waals surface area contributed by atoms with E-state index in [4.69, 9.17) is 17.3 Å². The SMILES string of the molecule is C.C.Nc1ccc(F)c(F)c1.O=C(Cl)c1cccc2c1SCC2=O.O=C1CSc2c1cccc2C(=O)Nc1ccc(F)c(F)c1. The Morgan fingerprint density at radius 1 is 0.689 bits per heavy atom. The number of halogens is 5. The van der Waals surface area contributed by atoms with Crippen molar-refractivity contribution >= 4 is 69.2 Å². The molecule has 0 aromatic heterocycles.